The Morgan fingerprint density at radius 2 is 2.36 bits per heavy atom. The average molecular weight is 233 g/mol. The third kappa shape index (κ3) is 1.25. The van der Waals surface area contributed by atoms with E-state index in [0.29, 0.717) is 0 Å². The highest BCUT2D eigenvalue weighted by molar-refractivity contribution is 9.10. The molecule has 3 heteroatoms. The molecule has 0 N–H and O–H groups in total. The van der Waals surface area contributed by atoms with E-state index in [1.54, 1.807) is 0 Å². The van der Waals surface area contributed by atoms with Gasteiger partial charge in [0.25, 0.3) is 0 Å². The Labute approximate surface area is 78.5 Å². The number of rotatable bonds is 1. The molecule has 1 unspecified atom stereocenters. The Kier molecular flexibility index (Phi) is 1.63. The Bertz CT molecular complexity index is 288. The Balaban J connectivity index is 2.44. The highest BCUT2D eigenvalue weighted by atomic mass is 79.9. The van der Waals surface area contributed by atoms with Gasteiger partial charge in [-0.05, 0) is 35.8 Å². The maximum Gasteiger partial charge on any atom is 0.124 e. The van der Waals surface area contributed by atoms with E-state index in [1.807, 2.05) is 11.3 Å². The van der Waals surface area contributed by atoms with Crippen LogP contribution < -0.4 is 0 Å². The van der Waals surface area contributed by atoms with Crippen LogP contribution in [-0.4, -0.2) is 6.61 Å². The molecule has 0 bridgehead atoms. The number of hydrogen-bond acceptors (Lipinski definition) is 2. The molecule has 0 amide bonds. The van der Waals surface area contributed by atoms with Crippen molar-refractivity contribution in [3.05, 3.63) is 20.3 Å². The summed E-state index contributed by atoms with van der Waals surface area (Å²) in [6, 6.07) is 2.15. The number of ether oxygens (including phenoxy) is 1. The van der Waals surface area contributed by atoms with Crippen LogP contribution in [0, 0.1) is 6.92 Å². The Morgan fingerprint density at radius 3 is 2.73 bits per heavy atom. The van der Waals surface area contributed by atoms with Gasteiger partial charge < -0.3 is 4.74 Å². The van der Waals surface area contributed by atoms with Gasteiger partial charge in [-0.3, -0.25) is 0 Å². The smallest absolute Gasteiger partial charge is 0.124 e. The van der Waals surface area contributed by atoms with Crippen LogP contribution in [0.3, 0.4) is 0 Å². The van der Waals surface area contributed by atoms with Gasteiger partial charge in [0.2, 0.25) is 0 Å². The van der Waals surface area contributed by atoms with E-state index in [-0.39, 0.29) is 5.60 Å². The molecule has 60 valence electrons. The van der Waals surface area contributed by atoms with Crippen LogP contribution >= 0.6 is 27.3 Å². The van der Waals surface area contributed by atoms with Crippen molar-refractivity contribution in [2.45, 2.75) is 19.4 Å². The lowest BCUT2D eigenvalue weighted by molar-refractivity contribution is 0.333. The van der Waals surface area contributed by atoms with Crippen molar-refractivity contribution in [1.82, 2.24) is 0 Å². The highest BCUT2D eigenvalue weighted by Gasteiger charge is 2.43. The fourth-order valence-electron chi connectivity index (χ4n) is 1.08. The van der Waals surface area contributed by atoms with Crippen LogP contribution in [-0.2, 0) is 10.3 Å². The van der Waals surface area contributed by atoms with Crippen molar-refractivity contribution in [2.24, 2.45) is 0 Å². The molecular weight excluding hydrogens is 224 g/mol. The van der Waals surface area contributed by atoms with Crippen LogP contribution in [0.5, 0.6) is 0 Å². The molecule has 1 atom stereocenters. The first-order chi connectivity index (χ1) is 5.12. The second-order valence-corrected chi connectivity index (χ2v) is 5.16. The van der Waals surface area contributed by atoms with Crippen molar-refractivity contribution < 1.29 is 4.74 Å². The summed E-state index contributed by atoms with van der Waals surface area (Å²) in [6.45, 7) is 5.11. The first-order valence-electron chi connectivity index (χ1n) is 3.52. The van der Waals surface area contributed by atoms with Crippen LogP contribution in [0.1, 0.15) is 16.7 Å². The van der Waals surface area contributed by atoms with E-state index in [9.17, 15) is 0 Å². The Hall–Kier alpha value is 0.140. The maximum absolute atomic E-state index is 5.36. The molecule has 1 aromatic rings. The van der Waals surface area contributed by atoms with Gasteiger partial charge in [-0.25, -0.2) is 0 Å². The molecule has 1 saturated heterocycles. The topological polar surface area (TPSA) is 12.5 Å². The van der Waals surface area contributed by atoms with Gasteiger partial charge in [0, 0.05) is 9.35 Å². The standard InChI is InChI=1S/C8H9BrOS/c1-5-3-6(9)7(11-5)8(2)4-10-8/h3H,4H2,1-2H3. The lowest BCUT2D eigenvalue weighted by Crippen LogP contribution is -1.98. The predicted octanol–water partition coefficient (Wildman–Crippen LogP) is 3.06. The molecule has 0 spiro atoms. The van der Waals surface area contributed by atoms with Crippen LogP contribution in [0.15, 0.2) is 10.5 Å². The zero-order valence-electron chi connectivity index (χ0n) is 6.48. The molecule has 0 aliphatic carbocycles. The summed E-state index contributed by atoms with van der Waals surface area (Å²) < 4.78 is 6.55. The summed E-state index contributed by atoms with van der Waals surface area (Å²) in [6.07, 6.45) is 0. The molecule has 1 aromatic heterocycles. The molecule has 1 fully saturated rings. The predicted molar refractivity (Wildman–Crippen MR) is 50.1 cm³/mol. The molecule has 11 heavy (non-hydrogen) atoms. The van der Waals surface area contributed by atoms with Gasteiger partial charge >= 0.3 is 0 Å². The van der Waals surface area contributed by atoms with Gasteiger partial charge in [0.15, 0.2) is 0 Å². The van der Waals surface area contributed by atoms with Gasteiger partial charge in [-0.2, -0.15) is 0 Å². The Morgan fingerprint density at radius 1 is 1.73 bits per heavy atom. The van der Waals surface area contributed by atoms with E-state index in [2.05, 4.69) is 35.8 Å². The molecule has 0 aromatic carbocycles. The van der Waals surface area contributed by atoms with Gasteiger partial charge in [0.05, 0.1) is 11.5 Å². The molecule has 2 heterocycles. The van der Waals surface area contributed by atoms with Crippen molar-refractivity contribution in [3.63, 3.8) is 0 Å². The molecular formula is C8H9BrOS. The van der Waals surface area contributed by atoms with Crippen molar-refractivity contribution in [2.75, 3.05) is 6.61 Å². The molecule has 1 aliphatic heterocycles. The van der Waals surface area contributed by atoms with Crippen molar-refractivity contribution in [1.29, 1.82) is 0 Å². The fraction of sp³-hybridized carbons (Fsp3) is 0.500. The van der Waals surface area contributed by atoms with Crippen LogP contribution in [0.4, 0.5) is 0 Å². The normalized spacial score (nSPS) is 29.0. The molecule has 0 saturated carbocycles. The van der Waals surface area contributed by atoms with Crippen LogP contribution in [0.25, 0.3) is 0 Å². The first-order valence-corrected chi connectivity index (χ1v) is 5.13. The van der Waals surface area contributed by atoms with E-state index in [1.165, 1.54) is 14.2 Å². The number of halogens is 1. The number of thiophene rings is 1. The lowest BCUT2D eigenvalue weighted by Gasteiger charge is -2.00. The van der Waals surface area contributed by atoms with Crippen molar-refractivity contribution >= 4 is 27.3 Å². The lowest BCUT2D eigenvalue weighted by atomic mass is 10.2. The zero-order chi connectivity index (χ0) is 8.06. The van der Waals surface area contributed by atoms with Crippen LogP contribution in [0.2, 0.25) is 0 Å². The van der Waals surface area contributed by atoms with Gasteiger partial charge in [0.1, 0.15) is 5.60 Å². The van der Waals surface area contributed by atoms with E-state index >= 15 is 0 Å². The third-order valence-electron chi connectivity index (χ3n) is 1.87. The summed E-state index contributed by atoms with van der Waals surface area (Å²) >= 11 is 5.34. The summed E-state index contributed by atoms with van der Waals surface area (Å²) in [5.74, 6) is 0. The maximum atomic E-state index is 5.36. The first kappa shape index (κ1) is 7.77. The van der Waals surface area contributed by atoms with Gasteiger partial charge in [-0.1, -0.05) is 0 Å². The average Bonchev–Trinajstić information content (AvgIpc) is 2.55. The van der Waals surface area contributed by atoms with Crippen molar-refractivity contribution in [3.8, 4) is 0 Å². The quantitative estimate of drug-likeness (QED) is 0.679. The largest absolute Gasteiger partial charge is 0.364 e. The molecule has 1 nitrogen and oxygen atoms in total. The minimum absolute atomic E-state index is 0.0256. The fourth-order valence-corrected chi connectivity index (χ4v) is 3.23. The van der Waals surface area contributed by atoms with E-state index in [0.717, 1.165) is 6.61 Å². The molecule has 1 aliphatic rings. The molecule has 2 rings (SSSR count). The zero-order valence-corrected chi connectivity index (χ0v) is 8.88. The van der Waals surface area contributed by atoms with E-state index < -0.39 is 0 Å². The number of hydrogen-bond donors (Lipinski definition) is 0. The summed E-state index contributed by atoms with van der Waals surface area (Å²) in [5, 5.41) is 0. The monoisotopic (exact) mass is 232 g/mol. The highest BCUT2D eigenvalue weighted by Crippen LogP contribution is 2.45. The summed E-state index contributed by atoms with van der Waals surface area (Å²) in [7, 11) is 0. The summed E-state index contributed by atoms with van der Waals surface area (Å²) in [5.41, 5.74) is 0.0256. The second kappa shape index (κ2) is 2.31. The number of epoxide rings is 1. The van der Waals surface area contributed by atoms with Gasteiger partial charge in [-0.15, -0.1) is 11.3 Å². The minimum Gasteiger partial charge on any atom is -0.364 e. The summed E-state index contributed by atoms with van der Waals surface area (Å²) in [4.78, 5) is 2.67. The second-order valence-electron chi connectivity index (χ2n) is 3.05. The van der Waals surface area contributed by atoms with E-state index in [4.69, 9.17) is 4.74 Å². The molecule has 0 radical (unpaired) electrons. The number of aryl methyl sites for hydroxylation is 1. The SMILES string of the molecule is Cc1cc(Br)c(C2(C)CO2)s1. The minimum atomic E-state index is 0.0256. The third-order valence-corrected chi connectivity index (χ3v) is 4.05.